The van der Waals surface area contributed by atoms with Crippen LogP contribution < -0.4 is 14.8 Å². The van der Waals surface area contributed by atoms with Crippen LogP contribution >= 0.6 is 0 Å². The van der Waals surface area contributed by atoms with Crippen LogP contribution in [-0.4, -0.2) is 36.7 Å². The molecule has 2 heterocycles. The quantitative estimate of drug-likeness (QED) is 0.916. The number of ether oxygens (including phenoxy) is 2. The minimum Gasteiger partial charge on any atom is -0.493 e. The highest BCUT2D eigenvalue weighted by molar-refractivity contribution is 5.89. The van der Waals surface area contributed by atoms with E-state index in [9.17, 15) is 4.79 Å². The summed E-state index contributed by atoms with van der Waals surface area (Å²) in [5.41, 5.74) is 3.08. The monoisotopic (exact) mass is 301 g/mol. The molecule has 0 saturated heterocycles. The number of fused-ring (bicyclic) bond motifs is 1. The summed E-state index contributed by atoms with van der Waals surface area (Å²) in [6, 6.07) is 7.23. The van der Waals surface area contributed by atoms with E-state index in [-0.39, 0.29) is 6.03 Å². The average molecular weight is 301 g/mol. The Morgan fingerprint density at radius 1 is 1.23 bits per heavy atom. The Kier molecular flexibility index (Phi) is 3.91. The van der Waals surface area contributed by atoms with Crippen molar-refractivity contribution in [2.75, 3.05) is 26.1 Å². The number of aromatic amines is 1. The van der Waals surface area contributed by atoms with Gasteiger partial charge >= 0.3 is 6.03 Å². The second-order valence-corrected chi connectivity index (χ2v) is 5.15. The molecule has 0 bridgehead atoms. The van der Waals surface area contributed by atoms with Gasteiger partial charge in [-0.1, -0.05) is 0 Å². The number of hydrogen-bond donors (Lipinski definition) is 2. The smallest absolute Gasteiger partial charge is 0.322 e. The minimum atomic E-state index is -0.112. The Morgan fingerprint density at radius 3 is 2.82 bits per heavy atom. The van der Waals surface area contributed by atoms with Crippen LogP contribution in [0.4, 0.5) is 10.5 Å². The van der Waals surface area contributed by atoms with E-state index in [0.29, 0.717) is 30.3 Å². The van der Waals surface area contributed by atoms with E-state index in [2.05, 4.69) is 10.3 Å². The van der Waals surface area contributed by atoms with Gasteiger partial charge in [0.15, 0.2) is 11.5 Å². The van der Waals surface area contributed by atoms with Crippen molar-refractivity contribution in [2.24, 2.45) is 0 Å². The Hall–Kier alpha value is -2.63. The van der Waals surface area contributed by atoms with Crippen molar-refractivity contribution in [3.05, 3.63) is 41.7 Å². The third-order valence-corrected chi connectivity index (χ3v) is 3.84. The van der Waals surface area contributed by atoms with Gasteiger partial charge in [-0.15, -0.1) is 0 Å². The Bertz CT molecular complexity index is 681. The number of anilines is 1. The lowest BCUT2D eigenvalue weighted by Gasteiger charge is -2.27. The number of H-pyrrole nitrogens is 1. The minimum absolute atomic E-state index is 0.112. The van der Waals surface area contributed by atoms with Gasteiger partial charge < -0.3 is 24.7 Å². The molecule has 1 aromatic heterocycles. The van der Waals surface area contributed by atoms with Crippen LogP contribution in [-0.2, 0) is 13.0 Å². The lowest BCUT2D eigenvalue weighted by Crippen LogP contribution is -2.38. The van der Waals surface area contributed by atoms with Crippen molar-refractivity contribution in [1.29, 1.82) is 0 Å². The SMILES string of the molecule is COc1ccc(NC(=O)N2CCc3[nH]ccc3C2)cc1OC. The zero-order chi connectivity index (χ0) is 15.5. The summed E-state index contributed by atoms with van der Waals surface area (Å²) in [5, 5.41) is 2.90. The largest absolute Gasteiger partial charge is 0.493 e. The molecule has 0 aliphatic carbocycles. The Labute approximate surface area is 129 Å². The van der Waals surface area contributed by atoms with E-state index < -0.39 is 0 Å². The number of nitrogens with one attached hydrogen (secondary N) is 2. The van der Waals surface area contributed by atoms with Crippen molar-refractivity contribution in [3.63, 3.8) is 0 Å². The van der Waals surface area contributed by atoms with E-state index in [1.807, 2.05) is 12.3 Å². The Balaban J connectivity index is 1.70. The van der Waals surface area contributed by atoms with Crippen molar-refractivity contribution < 1.29 is 14.3 Å². The molecule has 0 saturated carbocycles. The number of aromatic nitrogens is 1. The third-order valence-electron chi connectivity index (χ3n) is 3.84. The maximum atomic E-state index is 12.4. The molecule has 116 valence electrons. The maximum absolute atomic E-state index is 12.4. The van der Waals surface area contributed by atoms with Gasteiger partial charge in [0.2, 0.25) is 0 Å². The predicted octanol–water partition coefficient (Wildman–Crippen LogP) is 2.62. The first-order chi connectivity index (χ1) is 10.7. The summed E-state index contributed by atoms with van der Waals surface area (Å²) >= 11 is 0. The molecule has 0 fully saturated rings. The number of urea groups is 1. The topological polar surface area (TPSA) is 66.6 Å². The van der Waals surface area contributed by atoms with Crippen LogP contribution in [0.5, 0.6) is 11.5 Å². The first-order valence-corrected chi connectivity index (χ1v) is 7.14. The number of carbonyl (C=O) groups excluding carboxylic acids is 1. The summed E-state index contributed by atoms with van der Waals surface area (Å²) in [7, 11) is 3.15. The van der Waals surface area contributed by atoms with E-state index >= 15 is 0 Å². The first-order valence-electron chi connectivity index (χ1n) is 7.14. The third kappa shape index (κ3) is 2.72. The predicted molar refractivity (Wildman–Crippen MR) is 83.5 cm³/mol. The fraction of sp³-hybridized carbons (Fsp3) is 0.312. The number of nitrogens with zero attached hydrogens (tertiary/aromatic N) is 1. The van der Waals surface area contributed by atoms with E-state index in [1.54, 1.807) is 37.3 Å². The number of hydrogen-bond acceptors (Lipinski definition) is 3. The van der Waals surface area contributed by atoms with Gasteiger partial charge in [-0.05, 0) is 23.8 Å². The molecule has 1 aliphatic heterocycles. The van der Waals surface area contributed by atoms with Crippen LogP contribution in [0.2, 0.25) is 0 Å². The highest BCUT2D eigenvalue weighted by Gasteiger charge is 2.21. The molecule has 0 radical (unpaired) electrons. The van der Waals surface area contributed by atoms with Gasteiger partial charge in [-0.25, -0.2) is 4.79 Å². The summed E-state index contributed by atoms with van der Waals surface area (Å²) < 4.78 is 10.4. The lowest BCUT2D eigenvalue weighted by molar-refractivity contribution is 0.206. The number of rotatable bonds is 3. The van der Waals surface area contributed by atoms with Crippen molar-refractivity contribution in [1.82, 2.24) is 9.88 Å². The summed E-state index contributed by atoms with van der Waals surface area (Å²) in [5.74, 6) is 1.22. The van der Waals surface area contributed by atoms with Crippen molar-refractivity contribution in [2.45, 2.75) is 13.0 Å². The van der Waals surface area contributed by atoms with Gasteiger partial charge in [0.05, 0.1) is 14.2 Å². The van der Waals surface area contributed by atoms with Gasteiger partial charge in [0.25, 0.3) is 0 Å². The lowest BCUT2D eigenvalue weighted by atomic mass is 10.1. The molecule has 2 amide bonds. The van der Waals surface area contributed by atoms with E-state index in [0.717, 1.165) is 6.42 Å². The number of amides is 2. The summed E-state index contributed by atoms with van der Waals surface area (Å²) in [6.07, 6.45) is 2.77. The molecule has 2 N–H and O–H groups in total. The van der Waals surface area contributed by atoms with Gasteiger partial charge in [0.1, 0.15) is 0 Å². The molecule has 0 unspecified atom stereocenters. The van der Waals surface area contributed by atoms with Crippen LogP contribution in [0.3, 0.4) is 0 Å². The van der Waals surface area contributed by atoms with Crippen molar-refractivity contribution in [3.8, 4) is 11.5 Å². The molecule has 0 atom stereocenters. The standard InChI is InChI=1S/C16H19N3O3/c1-21-14-4-3-12(9-15(14)22-2)18-16(20)19-8-6-13-11(10-19)5-7-17-13/h3-5,7,9,17H,6,8,10H2,1-2H3,(H,18,20). The second-order valence-electron chi connectivity index (χ2n) is 5.15. The average Bonchev–Trinajstić information content (AvgIpc) is 3.02. The van der Waals surface area contributed by atoms with Crippen molar-refractivity contribution >= 4 is 11.7 Å². The molecule has 22 heavy (non-hydrogen) atoms. The molecule has 6 heteroatoms. The normalized spacial score (nSPS) is 13.5. The first kappa shape index (κ1) is 14.3. The second kappa shape index (κ2) is 6.01. The Morgan fingerprint density at radius 2 is 2.05 bits per heavy atom. The summed E-state index contributed by atoms with van der Waals surface area (Å²) in [4.78, 5) is 17.4. The van der Waals surface area contributed by atoms with Crippen LogP contribution in [0.25, 0.3) is 0 Å². The number of methoxy groups -OCH3 is 2. The zero-order valence-electron chi connectivity index (χ0n) is 12.7. The molecule has 0 spiro atoms. The fourth-order valence-corrected chi connectivity index (χ4v) is 2.64. The van der Waals surface area contributed by atoms with Gasteiger partial charge in [-0.3, -0.25) is 0 Å². The van der Waals surface area contributed by atoms with Crippen LogP contribution in [0, 0.1) is 0 Å². The highest BCUT2D eigenvalue weighted by atomic mass is 16.5. The number of benzene rings is 1. The molecule has 3 rings (SSSR count). The van der Waals surface area contributed by atoms with E-state index in [4.69, 9.17) is 9.47 Å². The summed E-state index contributed by atoms with van der Waals surface area (Å²) in [6.45, 7) is 1.32. The van der Waals surface area contributed by atoms with Crippen LogP contribution in [0.1, 0.15) is 11.3 Å². The highest BCUT2D eigenvalue weighted by Crippen LogP contribution is 2.30. The molecule has 6 nitrogen and oxygen atoms in total. The number of carbonyl (C=O) groups is 1. The molecular formula is C16H19N3O3. The zero-order valence-corrected chi connectivity index (χ0v) is 12.7. The van der Waals surface area contributed by atoms with E-state index in [1.165, 1.54) is 11.3 Å². The fourth-order valence-electron chi connectivity index (χ4n) is 2.64. The van der Waals surface area contributed by atoms with Gasteiger partial charge in [-0.2, -0.15) is 0 Å². The van der Waals surface area contributed by atoms with Crippen LogP contribution in [0.15, 0.2) is 30.5 Å². The molecule has 1 aromatic carbocycles. The molecule has 2 aromatic rings. The molecule has 1 aliphatic rings. The van der Waals surface area contributed by atoms with Gasteiger partial charge in [0, 0.05) is 43.2 Å². The maximum Gasteiger partial charge on any atom is 0.322 e. The molecular weight excluding hydrogens is 282 g/mol.